The van der Waals surface area contributed by atoms with Crippen LogP contribution >= 0.6 is 0 Å². The van der Waals surface area contributed by atoms with Gasteiger partial charge in [0, 0.05) is 6.42 Å². The summed E-state index contributed by atoms with van der Waals surface area (Å²) in [7, 11) is 0. The van der Waals surface area contributed by atoms with Crippen molar-refractivity contribution in [3.63, 3.8) is 0 Å². The third-order valence-corrected chi connectivity index (χ3v) is 2.93. The van der Waals surface area contributed by atoms with Gasteiger partial charge >= 0.3 is 0 Å². The first-order chi connectivity index (χ1) is 8.56. The van der Waals surface area contributed by atoms with Crippen LogP contribution < -0.4 is 5.73 Å². The summed E-state index contributed by atoms with van der Waals surface area (Å²) >= 11 is 0. The van der Waals surface area contributed by atoms with Crippen molar-refractivity contribution in [3.8, 4) is 0 Å². The molecule has 0 aliphatic heterocycles. The summed E-state index contributed by atoms with van der Waals surface area (Å²) in [5.41, 5.74) is 8.38. The second-order valence-electron chi connectivity index (χ2n) is 4.98. The number of hydrogen-bond acceptors (Lipinski definition) is 4. The summed E-state index contributed by atoms with van der Waals surface area (Å²) < 4.78 is 5.20. The standard InChI is InChI=1S/C14H19N3O/c1-9(2)13(15)14-16-12(17-18-14)8-11-6-4-5-10(3)7-11/h4-7,9,13H,8,15H2,1-3H3/t13-/m0/s1. The first-order valence-corrected chi connectivity index (χ1v) is 6.20. The number of aromatic nitrogens is 2. The molecule has 2 N–H and O–H groups in total. The molecule has 0 aliphatic carbocycles. The van der Waals surface area contributed by atoms with Gasteiger partial charge in [0.05, 0.1) is 6.04 Å². The largest absolute Gasteiger partial charge is 0.338 e. The van der Waals surface area contributed by atoms with Gasteiger partial charge in [0.2, 0.25) is 5.89 Å². The van der Waals surface area contributed by atoms with E-state index in [1.54, 1.807) is 0 Å². The van der Waals surface area contributed by atoms with Crippen LogP contribution in [0.1, 0.15) is 42.7 Å². The summed E-state index contributed by atoms with van der Waals surface area (Å²) in [5.74, 6) is 1.50. The Morgan fingerprint density at radius 1 is 1.33 bits per heavy atom. The van der Waals surface area contributed by atoms with Gasteiger partial charge in [-0.1, -0.05) is 48.8 Å². The highest BCUT2D eigenvalue weighted by Crippen LogP contribution is 2.17. The Morgan fingerprint density at radius 2 is 2.11 bits per heavy atom. The second kappa shape index (κ2) is 5.31. The van der Waals surface area contributed by atoms with Crippen LogP contribution in [-0.2, 0) is 6.42 Å². The highest BCUT2D eigenvalue weighted by molar-refractivity contribution is 5.24. The summed E-state index contributed by atoms with van der Waals surface area (Å²) in [6.07, 6.45) is 0.677. The van der Waals surface area contributed by atoms with Gasteiger partial charge in [-0.25, -0.2) is 0 Å². The van der Waals surface area contributed by atoms with Gasteiger partial charge in [-0.2, -0.15) is 4.98 Å². The lowest BCUT2D eigenvalue weighted by Crippen LogP contribution is -2.17. The summed E-state index contributed by atoms with van der Waals surface area (Å²) in [6, 6.07) is 8.10. The molecule has 0 saturated heterocycles. The Hall–Kier alpha value is -1.68. The van der Waals surface area contributed by atoms with Gasteiger partial charge in [-0.05, 0) is 18.4 Å². The lowest BCUT2D eigenvalue weighted by Gasteiger charge is -2.09. The van der Waals surface area contributed by atoms with E-state index >= 15 is 0 Å². The third-order valence-electron chi connectivity index (χ3n) is 2.93. The molecule has 18 heavy (non-hydrogen) atoms. The molecule has 0 fully saturated rings. The molecule has 0 aliphatic rings. The van der Waals surface area contributed by atoms with E-state index in [9.17, 15) is 0 Å². The average Bonchev–Trinajstić information content (AvgIpc) is 2.76. The molecule has 96 valence electrons. The van der Waals surface area contributed by atoms with Crippen molar-refractivity contribution in [2.45, 2.75) is 33.2 Å². The number of rotatable bonds is 4. The topological polar surface area (TPSA) is 64.9 Å². The molecule has 0 unspecified atom stereocenters. The Labute approximate surface area is 107 Å². The third kappa shape index (κ3) is 2.96. The highest BCUT2D eigenvalue weighted by Gasteiger charge is 2.17. The van der Waals surface area contributed by atoms with Gasteiger partial charge in [0.15, 0.2) is 5.82 Å². The van der Waals surface area contributed by atoms with Gasteiger partial charge in [-0.3, -0.25) is 0 Å². The van der Waals surface area contributed by atoms with E-state index in [4.69, 9.17) is 10.3 Å². The van der Waals surface area contributed by atoms with Crippen molar-refractivity contribution < 1.29 is 4.52 Å². The average molecular weight is 245 g/mol. The minimum absolute atomic E-state index is 0.191. The van der Waals surface area contributed by atoms with Crippen LogP contribution in [0.15, 0.2) is 28.8 Å². The van der Waals surface area contributed by atoms with Crippen molar-refractivity contribution >= 4 is 0 Å². The van der Waals surface area contributed by atoms with E-state index in [0.717, 1.165) is 0 Å². The van der Waals surface area contributed by atoms with Gasteiger partial charge in [-0.15, -0.1) is 0 Å². The molecule has 0 bridgehead atoms. The molecule has 4 heteroatoms. The molecule has 1 aromatic carbocycles. The molecule has 1 heterocycles. The zero-order valence-corrected chi connectivity index (χ0v) is 11.1. The van der Waals surface area contributed by atoms with Crippen molar-refractivity contribution in [2.24, 2.45) is 11.7 Å². The predicted molar refractivity (Wildman–Crippen MR) is 70.0 cm³/mol. The molecule has 0 amide bonds. The molecule has 1 aromatic heterocycles. The molecule has 1 atom stereocenters. The number of benzene rings is 1. The molecule has 4 nitrogen and oxygen atoms in total. The maximum Gasteiger partial charge on any atom is 0.243 e. The molecule has 2 rings (SSSR count). The number of hydrogen-bond donors (Lipinski definition) is 1. The smallest absolute Gasteiger partial charge is 0.243 e. The van der Waals surface area contributed by atoms with Crippen LogP contribution in [0.5, 0.6) is 0 Å². The normalized spacial score (nSPS) is 12.9. The van der Waals surface area contributed by atoms with E-state index in [1.807, 2.05) is 19.9 Å². The predicted octanol–water partition coefficient (Wildman–Crippen LogP) is 2.62. The zero-order valence-electron chi connectivity index (χ0n) is 11.1. The van der Waals surface area contributed by atoms with Crippen LogP contribution in [-0.4, -0.2) is 10.1 Å². The lowest BCUT2D eigenvalue weighted by atomic mass is 10.1. The van der Waals surface area contributed by atoms with E-state index in [0.29, 0.717) is 18.1 Å². The van der Waals surface area contributed by atoms with Crippen molar-refractivity contribution in [2.75, 3.05) is 0 Å². The van der Waals surface area contributed by atoms with E-state index in [-0.39, 0.29) is 12.0 Å². The minimum Gasteiger partial charge on any atom is -0.338 e. The monoisotopic (exact) mass is 245 g/mol. The van der Waals surface area contributed by atoms with E-state index < -0.39 is 0 Å². The Kier molecular flexibility index (Phi) is 3.77. The summed E-state index contributed by atoms with van der Waals surface area (Å²) in [6.45, 7) is 6.14. The summed E-state index contributed by atoms with van der Waals surface area (Å²) in [5, 5.41) is 3.98. The number of nitrogens with zero attached hydrogens (tertiary/aromatic N) is 2. The van der Waals surface area contributed by atoms with Crippen LogP contribution in [0.2, 0.25) is 0 Å². The fourth-order valence-electron chi connectivity index (χ4n) is 1.76. The van der Waals surface area contributed by atoms with E-state index in [1.165, 1.54) is 11.1 Å². The van der Waals surface area contributed by atoms with Gasteiger partial charge in [0.25, 0.3) is 0 Å². The van der Waals surface area contributed by atoms with Gasteiger partial charge in [0.1, 0.15) is 0 Å². The van der Waals surface area contributed by atoms with Crippen LogP contribution in [0, 0.1) is 12.8 Å². The summed E-state index contributed by atoms with van der Waals surface area (Å²) in [4.78, 5) is 4.35. The molecular weight excluding hydrogens is 226 g/mol. The fourth-order valence-corrected chi connectivity index (χ4v) is 1.76. The lowest BCUT2D eigenvalue weighted by molar-refractivity contribution is 0.322. The quantitative estimate of drug-likeness (QED) is 0.899. The molecule has 0 saturated carbocycles. The molecule has 0 spiro atoms. The van der Waals surface area contributed by atoms with Crippen LogP contribution in [0.25, 0.3) is 0 Å². The Morgan fingerprint density at radius 3 is 2.78 bits per heavy atom. The molecule has 0 radical (unpaired) electrons. The molecular formula is C14H19N3O. The van der Waals surface area contributed by atoms with Crippen molar-refractivity contribution in [1.82, 2.24) is 10.1 Å². The fraction of sp³-hybridized carbons (Fsp3) is 0.429. The number of nitrogens with two attached hydrogens (primary N) is 1. The second-order valence-corrected chi connectivity index (χ2v) is 4.98. The van der Waals surface area contributed by atoms with Crippen LogP contribution in [0.4, 0.5) is 0 Å². The van der Waals surface area contributed by atoms with Crippen molar-refractivity contribution in [1.29, 1.82) is 0 Å². The maximum absolute atomic E-state index is 5.97. The first-order valence-electron chi connectivity index (χ1n) is 6.20. The first kappa shape index (κ1) is 12.8. The van der Waals surface area contributed by atoms with Gasteiger partial charge < -0.3 is 10.3 Å². The Balaban J connectivity index is 2.11. The molecule has 2 aromatic rings. The Bertz CT molecular complexity index is 519. The number of aryl methyl sites for hydroxylation is 1. The zero-order chi connectivity index (χ0) is 13.1. The van der Waals surface area contributed by atoms with E-state index in [2.05, 4.69) is 35.3 Å². The van der Waals surface area contributed by atoms with Crippen molar-refractivity contribution in [3.05, 3.63) is 47.1 Å². The highest BCUT2D eigenvalue weighted by atomic mass is 16.5. The SMILES string of the molecule is Cc1cccc(Cc2noc([C@@H](N)C(C)C)n2)c1. The maximum atomic E-state index is 5.97. The van der Waals surface area contributed by atoms with Crippen LogP contribution in [0.3, 0.4) is 0 Å². The minimum atomic E-state index is -0.191.